The highest BCUT2D eigenvalue weighted by Crippen LogP contribution is 2.23. The molecule has 19 heavy (non-hydrogen) atoms. The molecule has 0 spiro atoms. The Kier molecular flexibility index (Phi) is 4.38. The van der Waals surface area contributed by atoms with E-state index in [0.29, 0.717) is 0 Å². The quantitative estimate of drug-likeness (QED) is 0.895. The molecule has 0 amide bonds. The molecule has 2 unspecified atom stereocenters. The highest BCUT2D eigenvalue weighted by atomic mass is 15.3. The van der Waals surface area contributed by atoms with Gasteiger partial charge in [0.2, 0.25) is 0 Å². The molecule has 2 aromatic rings. The van der Waals surface area contributed by atoms with E-state index in [1.165, 1.54) is 11.3 Å². The van der Waals surface area contributed by atoms with Crippen LogP contribution in [0.2, 0.25) is 0 Å². The van der Waals surface area contributed by atoms with Crippen LogP contribution in [0.4, 0.5) is 0 Å². The van der Waals surface area contributed by atoms with E-state index in [1.54, 1.807) is 0 Å². The first-order chi connectivity index (χ1) is 9.17. The zero-order valence-corrected chi connectivity index (χ0v) is 12.0. The molecule has 0 aliphatic rings. The van der Waals surface area contributed by atoms with Crippen LogP contribution in [0, 0.1) is 0 Å². The van der Waals surface area contributed by atoms with Gasteiger partial charge >= 0.3 is 0 Å². The SMILES string of the molecule is CCc1cc(CC)n(C(c2ccccc2)C(C)N)n1. The predicted octanol–water partition coefficient (Wildman–Crippen LogP) is 2.94. The van der Waals surface area contributed by atoms with Crippen molar-refractivity contribution in [2.45, 2.75) is 45.7 Å². The maximum absolute atomic E-state index is 6.21. The summed E-state index contributed by atoms with van der Waals surface area (Å²) in [4.78, 5) is 0. The summed E-state index contributed by atoms with van der Waals surface area (Å²) in [6, 6.07) is 12.7. The van der Waals surface area contributed by atoms with Gasteiger partial charge in [0.15, 0.2) is 0 Å². The third kappa shape index (κ3) is 2.87. The van der Waals surface area contributed by atoms with Crippen molar-refractivity contribution in [3.05, 3.63) is 53.3 Å². The lowest BCUT2D eigenvalue weighted by molar-refractivity contribution is 0.438. The van der Waals surface area contributed by atoms with Crippen molar-refractivity contribution < 1.29 is 0 Å². The fourth-order valence-electron chi connectivity index (χ4n) is 2.49. The van der Waals surface area contributed by atoms with Crippen molar-refractivity contribution in [3.63, 3.8) is 0 Å². The zero-order valence-electron chi connectivity index (χ0n) is 12.0. The first-order valence-electron chi connectivity index (χ1n) is 7.05. The topological polar surface area (TPSA) is 43.8 Å². The Labute approximate surface area is 115 Å². The molecule has 1 aromatic carbocycles. The van der Waals surface area contributed by atoms with Gasteiger partial charge in [-0.05, 0) is 31.4 Å². The monoisotopic (exact) mass is 257 g/mol. The van der Waals surface area contributed by atoms with E-state index >= 15 is 0 Å². The molecule has 2 N–H and O–H groups in total. The van der Waals surface area contributed by atoms with Gasteiger partial charge in [-0.15, -0.1) is 0 Å². The Bertz CT molecular complexity index is 514. The van der Waals surface area contributed by atoms with Gasteiger partial charge in [0.05, 0.1) is 11.7 Å². The third-order valence-electron chi connectivity index (χ3n) is 3.49. The standard InChI is InChI=1S/C16H23N3/c1-4-14-11-15(5-2)19(18-14)16(12(3)17)13-9-7-6-8-10-13/h6-12,16H,4-5,17H2,1-3H3. The predicted molar refractivity (Wildman–Crippen MR) is 79.2 cm³/mol. The lowest BCUT2D eigenvalue weighted by atomic mass is 10.0. The Morgan fingerprint density at radius 1 is 1.16 bits per heavy atom. The molecule has 0 aliphatic carbocycles. The molecule has 0 fully saturated rings. The average molecular weight is 257 g/mol. The van der Waals surface area contributed by atoms with Gasteiger partial charge in [0, 0.05) is 11.7 Å². The highest BCUT2D eigenvalue weighted by molar-refractivity contribution is 5.23. The molecule has 2 atom stereocenters. The summed E-state index contributed by atoms with van der Waals surface area (Å²) < 4.78 is 2.11. The molecule has 0 saturated carbocycles. The van der Waals surface area contributed by atoms with Gasteiger partial charge < -0.3 is 5.73 Å². The number of aromatic nitrogens is 2. The van der Waals surface area contributed by atoms with E-state index < -0.39 is 0 Å². The largest absolute Gasteiger partial charge is 0.326 e. The maximum atomic E-state index is 6.21. The fraction of sp³-hybridized carbons (Fsp3) is 0.438. The van der Waals surface area contributed by atoms with Crippen molar-refractivity contribution in [2.75, 3.05) is 0 Å². The second-order valence-electron chi connectivity index (χ2n) is 4.99. The molecule has 0 bridgehead atoms. The summed E-state index contributed by atoms with van der Waals surface area (Å²) in [5, 5.41) is 4.73. The number of rotatable bonds is 5. The molecule has 0 saturated heterocycles. The molecule has 3 nitrogen and oxygen atoms in total. The number of benzene rings is 1. The molecular formula is C16H23N3. The highest BCUT2D eigenvalue weighted by Gasteiger charge is 2.21. The first-order valence-corrected chi connectivity index (χ1v) is 7.05. The number of hydrogen-bond donors (Lipinski definition) is 1. The molecule has 0 radical (unpaired) electrons. The fourth-order valence-corrected chi connectivity index (χ4v) is 2.49. The average Bonchev–Trinajstić information content (AvgIpc) is 2.83. The Hall–Kier alpha value is -1.61. The molecule has 3 heteroatoms. The van der Waals surface area contributed by atoms with Crippen LogP contribution in [0.25, 0.3) is 0 Å². The maximum Gasteiger partial charge on any atom is 0.0919 e. The molecule has 1 heterocycles. The summed E-state index contributed by atoms with van der Waals surface area (Å²) in [7, 11) is 0. The third-order valence-corrected chi connectivity index (χ3v) is 3.49. The minimum atomic E-state index is 0.0253. The normalized spacial score (nSPS) is 14.3. The molecular weight excluding hydrogens is 234 g/mol. The lowest BCUT2D eigenvalue weighted by Crippen LogP contribution is -2.32. The molecule has 0 aliphatic heterocycles. The second-order valence-corrected chi connectivity index (χ2v) is 4.99. The summed E-state index contributed by atoms with van der Waals surface area (Å²) in [6.45, 7) is 6.34. The minimum absolute atomic E-state index is 0.0253. The first kappa shape index (κ1) is 13.8. The minimum Gasteiger partial charge on any atom is -0.326 e. The Balaban J connectivity index is 2.48. The van der Waals surface area contributed by atoms with Crippen LogP contribution >= 0.6 is 0 Å². The molecule has 1 aromatic heterocycles. The van der Waals surface area contributed by atoms with E-state index in [1.807, 2.05) is 13.0 Å². The van der Waals surface area contributed by atoms with E-state index in [2.05, 4.69) is 48.9 Å². The number of nitrogens with two attached hydrogens (primary N) is 1. The van der Waals surface area contributed by atoms with Crippen LogP contribution < -0.4 is 5.73 Å². The lowest BCUT2D eigenvalue weighted by Gasteiger charge is -2.24. The number of hydrogen-bond acceptors (Lipinski definition) is 2. The van der Waals surface area contributed by atoms with E-state index in [9.17, 15) is 0 Å². The summed E-state index contributed by atoms with van der Waals surface area (Å²) in [6.07, 6.45) is 1.93. The summed E-state index contributed by atoms with van der Waals surface area (Å²) >= 11 is 0. The van der Waals surface area contributed by atoms with Crippen LogP contribution in [0.5, 0.6) is 0 Å². The molecule has 2 rings (SSSR count). The van der Waals surface area contributed by atoms with Crippen LogP contribution in [0.15, 0.2) is 36.4 Å². The van der Waals surface area contributed by atoms with Crippen molar-refractivity contribution in [2.24, 2.45) is 5.73 Å². The van der Waals surface area contributed by atoms with Crippen molar-refractivity contribution >= 4 is 0 Å². The van der Waals surface area contributed by atoms with Crippen LogP contribution in [0.3, 0.4) is 0 Å². The smallest absolute Gasteiger partial charge is 0.0919 e. The van der Waals surface area contributed by atoms with Gasteiger partial charge in [-0.3, -0.25) is 4.68 Å². The number of nitrogens with zero attached hydrogens (tertiary/aromatic N) is 2. The van der Waals surface area contributed by atoms with Gasteiger partial charge in [-0.25, -0.2) is 0 Å². The van der Waals surface area contributed by atoms with Gasteiger partial charge in [0.1, 0.15) is 0 Å². The van der Waals surface area contributed by atoms with E-state index in [0.717, 1.165) is 18.5 Å². The van der Waals surface area contributed by atoms with E-state index in [-0.39, 0.29) is 12.1 Å². The van der Waals surface area contributed by atoms with Crippen LogP contribution in [-0.2, 0) is 12.8 Å². The van der Waals surface area contributed by atoms with Crippen molar-refractivity contribution in [3.8, 4) is 0 Å². The Morgan fingerprint density at radius 2 is 1.84 bits per heavy atom. The van der Waals surface area contributed by atoms with Crippen molar-refractivity contribution in [1.29, 1.82) is 0 Å². The van der Waals surface area contributed by atoms with Gasteiger partial charge in [0.25, 0.3) is 0 Å². The second kappa shape index (κ2) is 6.02. The zero-order chi connectivity index (χ0) is 13.8. The number of aryl methyl sites for hydroxylation is 2. The van der Waals surface area contributed by atoms with Crippen LogP contribution in [-0.4, -0.2) is 15.8 Å². The van der Waals surface area contributed by atoms with Gasteiger partial charge in [-0.1, -0.05) is 44.2 Å². The summed E-state index contributed by atoms with van der Waals surface area (Å²) in [5.74, 6) is 0. The van der Waals surface area contributed by atoms with Gasteiger partial charge in [-0.2, -0.15) is 5.10 Å². The van der Waals surface area contributed by atoms with E-state index in [4.69, 9.17) is 10.8 Å². The molecule has 102 valence electrons. The van der Waals surface area contributed by atoms with Crippen molar-refractivity contribution in [1.82, 2.24) is 9.78 Å². The summed E-state index contributed by atoms with van der Waals surface area (Å²) in [5.41, 5.74) is 9.82. The Morgan fingerprint density at radius 3 is 2.37 bits per heavy atom. The van der Waals surface area contributed by atoms with Crippen LogP contribution in [0.1, 0.15) is 43.8 Å².